The second-order valence-corrected chi connectivity index (χ2v) is 7.32. The van der Waals surface area contributed by atoms with E-state index in [2.05, 4.69) is 15.5 Å². The lowest BCUT2D eigenvalue weighted by atomic mass is 9.86. The van der Waals surface area contributed by atoms with E-state index in [-0.39, 0.29) is 23.8 Å². The molecule has 1 N–H and O–H groups in total. The summed E-state index contributed by atoms with van der Waals surface area (Å²) in [5.41, 5.74) is 2.03. The second-order valence-electron chi connectivity index (χ2n) is 7.32. The van der Waals surface area contributed by atoms with E-state index >= 15 is 0 Å². The van der Waals surface area contributed by atoms with Crippen molar-refractivity contribution in [3.63, 3.8) is 0 Å². The van der Waals surface area contributed by atoms with Crippen molar-refractivity contribution in [1.29, 1.82) is 0 Å². The van der Waals surface area contributed by atoms with Crippen molar-refractivity contribution in [2.24, 2.45) is 20.0 Å². The molecule has 4 rings (SSSR count). The number of aromatic nitrogens is 4. The zero-order valence-corrected chi connectivity index (χ0v) is 15.3. The van der Waals surface area contributed by atoms with Crippen LogP contribution in [0.3, 0.4) is 0 Å². The van der Waals surface area contributed by atoms with Crippen LogP contribution in [0.4, 0.5) is 5.82 Å². The number of carbonyl (C=O) groups is 2. The van der Waals surface area contributed by atoms with Crippen LogP contribution in [0.15, 0.2) is 18.3 Å². The van der Waals surface area contributed by atoms with Crippen LogP contribution in [-0.2, 0) is 23.7 Å². The molecule has 2 aliphatic rings. The number of aryl methyl sites for hydroxylation is 2. The Morgan fingerprint density at radius 1 is 1.15 bits per heavy atom. The quantitative estimate of drug-likeness (QED) is 0.901. The molecule has 0 spiro atoms. The summed E-state index contributed by atoms with van der Waals surface area (Å²) in [7, 11) is 5.50. The van der Waals surface area contributed by atoms with Crippen LogP contribution in [0, 0.1) is 5.92 Å². The molecule has 1 saturated carbocycles. The number of hydrogen-bond donors (Lipinski definition) is 1. The van der Waals surface area contributed by atoms with Gasteiger partial charge in [0.15, 0.2) is 5.82 Å². The van der Waals surface area contributed by atoms with Gasteiger partial charge in [0.2, 0.25) is 11.8 Å². The van der Waals surface area contributed by atoms with Crippen molar-refractivity contribution in [1.82, 2.24) is 24.5 Å². The largest absolute Gasteiger partial charge is 0.336 e. The molecule has 2 aromatic heterocycles. The topological polar surface area (TPSA) is 85.1 Å². The summed E-state index contributed by atoms with van der Waals surface area (Å²) in [6.45, 7) is 0. The molecule has 8 heteroatoms. The third-order valence-corrected chi connectivity index (χ3v) is 5.52. The van der Waals surface area contributed by atoms with Gasteiger partial charge >= 0.3 is 0 Å². The lowest BCUT2D eigenvalue weighted by Crippen LogP contribution is -2.45. The number of hydrogen-bond acceptors (Lipinski definition) is 4. The van der Waals surface area contributed by atoms with E-state index < -0.39 is 0 Å². The smallest absolute Gasteiger partial charge is 0.231 e. The zero-order valence-electron chi connectivity index (χ0n) is 15.3. The molecule has 2 atom stereocenters. The Labute approximate surface area is 152 Å². The van der Waals surface area contributed by atoms with Crippen molar-refractivity contribution in [3.8, 4) is 0 Å². The van der Waals surface area contributed by atoms with Crippen LogP contribution >= 0.6 is 0 Å². The molecule has 1 saturated heterocycles. The van der Waals surface area contributed by atoms with Gasteiger partial charge in [0.25, 0.3) is 0 Å². The Kier molecular flexibility index (Phi) is 4.05. The van der Waals surface area contributed by atoms with Crippen molar-refractivity contribution in [2.45, 2.75) is 37.6 Å². The van der Waals surface area contributed by atoms with Crippen molar-refractivity contribution in [2.75, 3.05) is 12.4 Å². The van der Waals surface area contributed by atoms with Gasteiger partial charge in [-0.15, -0.1) is 0 Å². The highest BCUT2D eigenvalue weighted by Crippen LogP contribution is 2.41. The van der Waals surface area contributed by atoms with Gasteiger partial charge in [-0.3, -0.25) is 19.0 Å². The minimum Gasteiger partial charge on any atom is -0.336 e. The number of nitrogens with zero attached hydrogens (tertiary/aromatic N) is 5. The second kappa shape index (κ2) is 6.26. The highest BCUT2D eigenvalue weighted by Gasteiger charge is 2.40. The SMILES string of the molecule is CN1C(=O)CC[C@H](C(=O)Nc2cc(C3CC3)n(C)n2)[C@H]1c1ccnn1C. The Hall–Kier alpha value is -2.64. The number of amides is 2. The average Bonchev–Trinajstić information content (AvgIpc) is 3.26. The fraction of sp³-hybridized carbons (Fsp3) is 0.556. The Bertz CT molecular complexity index is 850. The molecular formula is C18H24N6O2. The molecule has 0 unspecified atom stereocenters. The maximum Gasteiger partial charge on any atom is 0.231 e. The molecule has 1 aliphatic carbocycles. The molecule has 8 nitrogen and oxygen atoms in total. The van der Waals surface area contributed by atoms with Gasteiger partial charge in [0.1, 0.15) is 0 Å². The highest BCUT2D eigenvalue weighted by molar-refractivity contribution is 5.94. The highest BCUT2D eigenvalue weighted by atomic mass is 16.2. The first kappa shape index (κ1) is 16.8. The molecule has 138 valence electrons. The lowest BCUT2D eigenvalue weighted by molar-refractivity contribution is -0.140. The predicted molar refractivity (Wildman–Crippen MR) is 95.3 cm³/mol. The fourth-order valence-corrected chi connectivity index (χ4v) is 3.91. The van der Waals surface area contributed by atoms with Gasteiger partial charge < -0.3 is 10.2 Å². The van der Waals surface area contributed by atoms with Crippen LogP contribution in [-0.4, -0.2) is 43.3 Å². The van der Waals surface area contributed by atoms with Crippen molar-refractivity contribution >= 4 is 17.6 Å². The number of rotatable bonds is 4. The van der Waals surface area contributed by atoms with Crippen LogP contribution in [0.5, 0.6) is 0 Å². The van der Waals surface area contributed by atoms with Gasteiger partial charge in [-0.2, -0.15) is 10.2 Å². The summed E-state index contributed by atoms with van der Waals surface area (Å²) in [4.78, 5) is 26.9. The first-order valence-electron chi connectivity index (χ1n) is 9.04. The van der Waals surface area contributed by atoms with Gasteiger partial charge in [-0.05, 0) is 25.3 Å². The standard InChI is InChI=1S/C18H24N6O2/c1-22-16(25)7-6-12(17(22)13-8-9-19-23(13)2)18(26)20-15-10-14(11-4-5-11)24(3)21-15/h8-12,17H,4-7H2,1-3H3,(H,20,21,26)/t12-,17-/m0/s1. The fourth-order valence-electron chi connectivity index (χ4n) is 3.91. The molecule has 26 heavy (non-hydrogen) atoms. The zero-order chi connectivity index (χ0) is 18.4. The number of nitrogens with one attached hydrogen (secondary N) is 1. The molecule has 1 aliphatic heterocycles. The normalized spacial score (nSPS) is 23.3. The summed E-state index contributed by atoms with van der Waals surface area (Å²) in [5, 5.41) is 11.6. The molecule has 2 fully saturated rings. The van der Waals surface area contributed by atoms with Crippen molar-refractivity contribution in [3.05, 3.63) is 29.7 Å². The van der Waals surface area contributed by atoms with E-state index in [1.807, 2.05) is 30.9 Å². The first-order chi connectivity index (χ1) is 12.5. The summed E-state index contributed by atoms with van der Waals surface area (Å²) in [6.07, 6.45) is 4.96. The number of piperidine rings is 1. The van der Waals surface area contributed by atoms with Crippen LogP contribution < -0.4 is 5.32 Å². The Morgan fingerprint density at radius 2 is 1.92 bits per heavy atom. The number of likely N-dealkylation sites (tertiary alicyclic amines) is 1. The van der Waals surface area contributed by atoms with E-state index in [9.17, 15) is 9.59 Å². The summed E-state index contributed by atoms with van der Waals surface area (Å²) >= 11 is 0. The average molecular weight is 356 g/mol. The molecule has 3 heterocycles. The molecule has 2 amide bonds. The summed E-state index contributed by atoms with van der Waals surface area (Å²) < 4.78 is 3.58. The maximum atomic E-state index is 13.0. The van der Waals surface area contributed by atoms with E-state index in [0.717, 1.165) is 5.69 Å². The predicted octanol–water partition coefficient (Wildman–Crippen LogP) is 1.58. The Morgan fingerprint density at radius 3 is 2.58 bits per heavy atom. The number of carbonyl (C=O) groups excluding carboxylic acids is 2. The number of anilines is 1. The monoisotopic (exact) mass is 356 g/mol. The van der Waals surface area contributed by atoms with Gasteiger partial charge in [0.05, 0.1) is 17.7 Å². The van der Waals surface area contributed by atoms with E-state index in [1.165, 1.54) is 18.5 Å². The van der Waals surface area contributed by atoms with E-state index in [1.54, 1.807) is 22.8 Å². The minimum absolute atomic E-state index is 0.0501. The molecule has 0 aromatic carbocycles. The maximum absolute atomic E-state index is 13.0. The summed E-state index contributed by atoms with van der Waals surface area (Å²) in [6, 6.07) is 3.51. The third kappa shape index (κ3) is 2.89. The van der Waals surface area contributed by atoms with Crippen LogP contribution in [0.1, 0.15) is 49.0 Å². The van der Waals surface area contributed by atoms with Crippen molar-refractivity contribution < 1.29 is 9.59 Å². The van der Waals surface area contributed by atoms with Crippen LogP contribution in [0.25, 0.3) is 0 Å². The molecule has 0 bridgehead atoms. The molecular weight excluding hydrogens is 332 g/mol. The molecule has 0 radical (unpaired) electrons. The van der Waals surface area contributed by atoms with E-state index in [4.69, 9.17) is 0 Å². The summed E-state index contributed by atoms with van der Waals surface area (Å²) in [5.74, 6) is 0.770. The first-order valence-corrected chi connectivity index (χ1v) is 9.04. The lowest BCUT2D eigenvalue weighted by Gasteiger charge is -2.38. The molecule has 2 aromatic rings. The Balaban J connectivity index is 1.57. The van der Waals surface area contributed by atoms with Crippen LogP contribution in [0.2, 0.25) is 0 Å². The van der Waals surface area contributed by atoms with Gasteiger partial charge in [-0.1, -0.05) is 0 Å². The van der Waals surface area contributed by atoms with Gasteiger partial charge in [0, 0.05) is 51.4 Å². The third-order valence-electron chi connectivity index (χ3n) is 5.52. The van der Waals surface area contributed by atoms with E-state index in [0.29, 0.717) is 24.6 Å². The minimum atomic E-state index is -0.334. The van der Waals surface area contributed by atoms with Gasteiger partial charge in [-0.25, -0.2) is 0 Å².